The Labute approximate surface area is 209 Å². The first kappa shape index (κ1) is 23.9. The minimum absolute atomic E-state index is 0.130. The van der Waals surface area contributed by atoms with Gasteiger partial charge in [-0.15, -0.1) is 11.3 Å². The quantitative estimate of drug-likeness (QED) is 0.308. The van der Waals surface area contributed by atoms with Gasteiger partial charge in [-0.1, -0.05) is 60.7 Å². The molecule has 0 atom stereocenters. The number of carbonyl (C=O) groups excluding carboxylic acids is 2. The Balaban J connectivity index is 1.44. The maximum Gasteiger partial charge on any atom is 0.248 e. The zero-order valence-corrected chi connectivity index (χ0v) is 20.4. The zero-order chi connectivity index (χ0) is 24.6. The van der Waals surface area contributed by atoms with Crippen LogP contribution in [0.4, 0.5) is 22.2 Å². The molecule has 3 aromatic carbocycles. The summed E-state index contributed by atoms with van der Waals surface area (Å²) < 4.78 is 0. The van der Waals surface area contributed by atoms with E-state index in [1.807, 2.05) is 85.2 Å². The molecule has 1 aromatic heterocycles. The Hall–Kier alpha value is -4.23. The van der Waals surface area contributed by atoms with Crippen LogP contribution in [0.1, 0.15) is 18.2 Å². The molecule has 1 N–H and O–H groups in total. The van der Waals surface area contributed by atoms with Gasteiger partial charge in [0.25, 0.3) is 0 Å². The van der Waals surface area contributed by atoms with Crippen LogP contribution in [0.25, 0.3) is 6.08 Å². The highest BCUT2D eigenvalue weighted by Crippen LogP contribution is 2.29. The lowest BCUT2D eigenvalue weighted by atomic mass is 10.2. The maximum absolute atomic E-state index is 12.7. The van der Waals surface area contributed by atoms with Crippen LogP contribution in [0.2, 0.25) is 0 Å². The number of benzene rings is 3. The van der Waals surface area contributed by atoms with Gasteiger partial charge in [-0.2, -0.15) is 0 Å². The number of hydrogen-bond donors (Lipinski definition) is 1. The standard InChI is InChI=1S/C28H26N4O2S/c1-21(33)32(24-13-7-4-8-14-24)28-29-23(20-35-28)17-18-27(34)30-25-15-9-10-16-26(25)31(2)19-22-11-5-3-6-12-22/h3-18,20H,19H2,1-2H3,(H,30,34)/b18-17+. The van der Waals surface area contributed by atoms with Crippen LogP contribution in [0.3, 0.4) is 0 Å². The van der Waals surface area contributed by atoms with E-state index in [9.17, 15) is 9.59 Å². The summed E-state index contributed by atoms with van der Waals surface area (Å²) in [5, 5.41) is 5.34. The predicted molar refractivity (Wildman–Crippen MR) is 144 cm³/mol. The molecule has 1 heterocycles. The number of thiazole rings is 1. The molecule has 0 bridgehead atoms. The fraction of sp³-hybridized carbons (Fsp3) is 0.107. The molecule has 0 aliphatic rings. The average Bonchev–Trinajstić information content (AvgIpc) is 3.32. The summed E-state index contributed by atoms with van der Waals surface area (Å²) in [7, 11) is 2.00. The second-order valence-corrected chi connectivity index (χ2v) is 8.76. The molecule has 0 saturated carbocycles. The molecule has 0 unspecified atom stereocenters. The van der Waals surface area contributed by atoms with Gasteiger partial charge in [-0.05, 0) is 35.9 Å². The Morgan fingerprint density at radius 1 is 0.943 bits per heavy atom. The number of nitrogens with zero attached hydrogens (tertiary/aromatic N) is 3. The molecule has 4 aromatic rings. The lowest BCUT2D eigenvalue weighted by Crippen LogP contribution is -2.22. The molecule has 0 aliphatic carbocycles. The predicted octanol–water partition coefficient (Wildman–Crippen LogP) is 6.12. The minimum Gasteiger partial charge on any atom is -0.369 e. The highest BCUT2D eigenvalue weighted by molar-refractivity contribution is 7.14. The van der Waals surface area contributed by atoms with Crippen LogP contribution in [0, 0.1) is 0 Å². The highest BCUT2D eigenvalue weighted by atomic mass is 32.1. The minimum atomic E-state index is -0.258. The molecular weight excluding hydrogens is 456 g/mol. The molecule has 0 radical (unpaired) electrons. The Morgan fingerprint density at radius 2 is 1.60 bits per heavy atom. The number of anilines is 4. The van der Waals surface area contributed by atoms with Crippen LogP contribution in [-0.4, -0.2) is 23.8 Å². The van der Waals surface area contributed by atoms with Crippen molar-refractivity contribution in [2.75, 3.05) is 22.2 Å². The van der Waals surface area contributed by atoms with E-state index in [1.165, 1.54) is 29.9 Å². The monoisotopic (exact) mass is 482 g/mol. The molecule has 0 aliphatic heterocycles. The van der Waals surface area contributed by atoms with Crippen LogP contribution < -0.4 is 15.1 Å². The van der Waals surface area contributed by atoms with E-state index in [2.05, 4.69) is 27.3 Å². The number of para-hydroxylation sites is 3. The zero-order valence-electron chi connectivity index (χ0n) is 19.6. The van der Waals surface area contributed by atoms with Gasteiger partial charge in [0.2, 0.25) is 11.8 Å². The van der Waals surface area contributed by atoms with Crippen molar-refractivity contribution in [1.82, 2.24) is 4.98 Å². The largest absolute Gasteiger partial charge is 0.369 e. The summed E-state index contributed by atoms with van der Waals surface area (Å²) in [6.07, 6.45) is 3.10. The van der Waals surface area contributed by atoms with Crippen LogP contribution in [0.15, 0.2) is 96.4 Å². The van der Waals surface area contributed by atoms with Crippen molar-refractivity contribution in [3.8, 4) is 0 Å². The lowest BCUT2D eigenvalue weighted by molar-refractivity contribution is -0.116. The van der Waals surface area contributed by atoms with Gasteiger partial charge < -0.3 is 10.2 Å². The number of rotatable bonds is 8. The van der Waals surface area contributed by atoms with Gasteiger partial charge in [-0.3, -0.25) is 14.5 Å². The smallest absolute Gasteiger partial charge is 0.248 e. The normalized spacial score (nSPS) is 10.8. The van der Waals surface area contributed by atoms with Crippen molar-refractivity contribution in [1.29, 1.82) is 0 Å². The van der Waals surface area contributed by atoms with Crippen LogP contribution in [-0.2, 0) is 16.1 Å². The van der Waals surface area contributed by atoms with Gasteiger partial charge in [0.1, 0.15) is 0 Å². The molecule has 0 fully saturated rings. The number of hydrogen-bond acceptors (Lipinski definition) is 5. The number of carbonyl (C=O) groups is 2. The van der Waals surface area contributed by atoms with Crippen LogP contribution >= 0.6 is 11.3 Å². The van der Waals surface area contributed by atoms with Gasteiger partial charge >= 0.3 is 0 Å². The molecule has 7 heteroatoms. The van der Waals surface area contributed by atoms with E-state index in [0.717, 1.165) is 23.6 Å². The van der Waals surface area contributed by atoms with Gasteiger partial charge in [-0.25, -0.2) is 4.98 Å². The van der Waals surface area contributed by atoms with Crippen molar-refractivity contribution in [3.63, 3.8) is 0 Å². The first-order valence-corrected chi connectivity index (χ1v) is 12.0. The molecule has 35 heavy (non-hydrogen) atoms. The van der Waals surface area contributed by atoms with E-state index in [0.29, 0.717) is 10.8 Å². The number of aromatic nitrogens is 1. The fourth-order valence-corrected chi connectivity index (χ4v) is 4.50. The summed E-state index contributed by atoms with van der Waals surface area (Å²) in [5.74, 6) is -0.387. The second-order valence-electron chi connectivity index (χ2n) is 7.93. The summed E-state index contributed by atoms with van der Waals surface area (Å²) in [4.78, 5) is 33.1. The van der Waals surface area contributed by atoms with Crippen molar-refractivity contribution < 1.29 is 9.59 Å². The average molecular weight is 483 g/mol. The molecular formula is C28H26N4O2S. The fourth-order valence-electron chi connectivity index (χ4n) is 3.65. The molecule has 176 valence electrons. The molecule has 2 amide bonds. The lowest BCUT2D eigenvalue weighted by Gasteiger charge is -2.22. The van der Waals surface area contributed by atoms with E-state index < -0.39 is 0 Å². The second kappa shape index (κ2) is 11.3. The molecule has 0 saturated heterocycles. The summed E-state index contributed by atoms with van der Waals surface area (Å²) in [5.41, 5.74) is 4.20. The number of nitrogens with one attached hydrogen (secondary N) is 1. The topological polar surface area (TPSA) is 65.5 Å². The summed E-state index contributed by atoms with van der Waals surface area (Å²) >= 11 is 1.35. The third kappa shape index (κ3) is 6.22. The van der Waals surface area contributed by atoms with E-state index >= 15 is 0 Å². The van der Waals surface area contributed by atoms with Gasteiger partial charge in [0.05, 0.1) is 22.8 Å². The van der Waals surface area contributed by atoms with E-state index in [-0.39, 0.29) is 11.8 Å². The third-order valence-corrected chi connectivity index (χ3v) is 6.12. The SMILES string of the molecule is CC(=O)N(c1ccccc1)c1nc(/C=C/C(=O)Nc2ccccc2N(C)Cc2ccccc2)cs1. The maximum atomic E-state index is 12.7. The Kier molecular flexibility index (Phi) is 7.70. The van der Waals surface area contributed by atoms with Crippen molar-refractivity contribution in [2.45, 2.75) is 13.5 Å². The Bertz CT molecular complexity index is 1320. The molecule has 4 rings (SSSR count). The Morgan fingerprint density at radius 3 is 2.31 bits per heavy atom. The van der Waals surface area contributed by atoms with E-state index in [4.69, 9.17) is 0 Å². The summed E-state index contributed by atoms with van der Waals surface area (Å²) in [6, 6.07) is 27.3. The highest BCUT2D eigenvalue weighted by Gasteiger charge is 2.17. The van der Waals surface area contributed by atoms with Gasteiger partial charge in [0, 0.05) is 32.0 Å². The molecule has 0 spiro atoms. The van der Waals surface area contributed by atoms with Crippen molar-refractivity contribution >= 4 is 51.4 Å². The summed E-state index contributed by atoms with van der Waals surface area (Å²) in [6.45, 7) is 2.23. The first-order chi connectivity index (χ1) is 17.0. The first-order valence-electron chi connectivity index (χ1n) is 11.2. The van der Waals surface area contributed by atoms with Gasteiger partial charge in [0.15, 0.2) is 5.13 Å². The van der Waals surface area contributed by atoms with Crippen LogP contribution in [0.5, 0.6) is 0 Å². The molecule has 6 nitrogen and oxygen atoms in total. The van der Waals surface area contributed by atoms with E-state index in [1.54, 1.807) is 11.0 Å². The van der Waals surface area contributed by atoms with Crippen molar-refractivity contribution in [2.24, 2.45) is 0 Å². The van der Waals surface area contributed by atoms with Crippen molar-refractivity contribution in [3.05, 3.63) is 108 Å². The third-order valence-electron chi connectivity index (χ3n) is 5.27. The number of amides is 2.